The Labute approximate surface area is 144 Å². The van der Waals surface area contributed by atoms with E-state index < -0.39 is 12.0 Å². The van der Waals surface area contributed by atoms with Crippen molar-refractivity contribution in [2.45, 2.75) is 24.8 Å². The van der Waals surface area contributed by atoms with Gasteiger partial charge in [-0.25, -0.2) is 4.79 Å². The van der Waals surface area contributed by atoms with Crippen molar-refractivity contribution < 1.29 is 19.5 Å². The molecular weight excluding hydrogens is 340 g/mol. The molecule has 0 radical (unpaired) electrons. The van der Waals surface area contributed by atoms with E-state index in [4.69, 9.17) is 16.7 Å². The van der Waals surface area contributed by atoms with Gasteiger partial charge in [-0.1, -0.05) is 23.7 Å². The van der Waals surface area contributed by atoms with E-state index in [1.807, 2.05) is 6.07 Å². The molecule has 0 saturated heterocycles. The first kappa shape index (κ1) is 19.3. The van der Waals surface area contributed by atoms with E-state index in [0.717, 1.165) is 4.90 Å². The molecule has 6 nitrogen and oxygen atoms in total. The highest BCUT2D eigenvalue weighted by Gasteiger charge is 2.25. The Morgan fingerprint density at radius 2 is 2.00 bits per heavy atom. The van der Waals surface area contributed by atoms with Crippen LogP contribution in [0.3, 0.4) is 0 Å². The molecule has 0 bridgehead atoms. The molecular formula is C15H19ClN2O4S. The normalized spacial score (nSPS) is 11.6. The average molecular weight is 359 g/mol. The van der Waals surface area contributed by atoms with Crippen LogP contribution >= 0.6 is 23.4 Å². The third-order valence-electron chi connectivity index (χ3n) is 3.06. The van der Waals surface area contributed by atoms with E-state index in [2.05, 4.69) is 5.32 Å². The number of carbonyl (C=O) groups is 3. The van der Waals surface area contributed by atoms with Crippen LogP contribution in [-0.4, -0.2) is 52.7 Å². The number of hydrogen-bond acceptors (Lipinski definition) is 4. The Bertz CT molecular complexity index is 582. The molecule has 0 heterocycles. The van der Waals surface area contributed by atoms with E-state index in [9.17, 15) is 14.4 Å². The summed E-state index contributed by atoms with van der Waals surface area (Å²) in [5.74, 6) is -1.58. The van der Waals surface area contributed by atoms with Crippen LogP contribution in [-0.2, 0) is 14.4 Å². The molecule has 1 aromatic rings. The van der Waals surface area contributed by atoms with Crippen molar-refractivity contribution in [1.29, 1.82) is 0 Å². The second kappa shape index (κ2) is 9.42. The molecule has 126 valence electrons. The second-order valence-corrected chi connectivity index (χ2v) is 6.23. The number of carboxylic acids is 1. The third kappa shape index (κ3) is 6.50. The summed E-state index contributed by atoms with van der Waals surface area (Å²) in [4.78, 5) is 36.4. The highest BCUT2D eigenvalue weighted by Crippen LogP contribution is 2.26. The molecule has 2 amide bonds. The molecule has 2 N–H and O–H groups in total. The van der Waals surface area contributed by atoms with Gasteiger partial charge < -0.3 is 15.3 Å². The summed E-state index contributed by atoms with van der Waals surface area (Å²) in [5.41, 5.74) is 0. The van der Waals surface area contributed by atoms with Gasteiger partial charge in [0, 0.05) is 24.9 Å². The largest absolute Gasteiger partial charge is 0.480 e. The lowest BCUT2D eigenvalue weighted by Crippen LogP contribution is -2.47. The Hall–Kier alpha value is -1.73. The number of carboxylic acid groups (broad SMARTS) is 1. The molecule has 0 fully saturated rings. The van der Waals surface area contributed by atoms with Crippen molar-refractivity contribution in [1.82, 2.24) is 10.2 Å². The van der Waals surface area contributed by atoms with Crippen LogP contribution in [0.25, 0.3) is 0 Å². The monoisotopic (exact) mass is 358 g/mol. The number of benzene rings is 1. The van der Waals surface area contributed by atoms with Crippen LogP contribution in [0, 0.1) is 0 Å². The Morgan fingerprint density at radius 1 is 1.35 bits per heavy atom. The number of rotatable bonds is 8. The van der Waals surface area contributed by atoms with Gasteiger partial charge in [0.2, 0.25) is 11.8 Å². The predicted molar refractivity (Wildman–Crippen MR) is 89.7 cm³/mol. The highest BCUT2D eigenvalue weighted by atomic mass is 35.5. The Balaban J connectivity index is 2.68. The number of halogens is 1. The number of aliphatic carboxylic acids is 1. The summed E-state index contributed by atoms with van der Waals surface area (Å²) in [5, 5.41) is 12.2. The molecule has 0 saturated carbocycles. The molecule has 0 aliphatic heterocycles. The van der Waals surface area contributed by atoms with E-state index >= 15 is 0 Å². The lowest BCUT2D eigenvalue weighted by atomic mass is 10.2. The maximum atomic E-state index is 12.3. The van der Waals surface area contributed by atoms with Crippen molar-refractivity contribution in [2.24, 2.45) is 0 Å². The summed E-state index contributed by atoms with van der Waals surface area (Å²) >= 11 is 7.28. The molecule has 0 spiro atoms. The van der Waals surface area contributed by atoms with E-state index in [-0.39, 0.29) is 30.7 Å². The first-order valence-electron chi connectivity index (χ1n) is 6.97. The van der Waals surface area contributed by atoms with Crippen LogP contribution in [0.1, 0.15) is 13.8 Å². The van der Waals surface area contributed by atoms with Crippen molar-refractivity contribution in [3.63, 3.8) is 0 Å². The lowest BCUT2D eigenvalue weighted by molar-refractivity contribution is -0.148. The van der Waals surface area contributed by atoms with Crippen LogP contribution < -0.4 is 5.32 Å². The van der Waals surface area contributed by atoms with Crippen LogP contribution in [0.15, 0.2) is 29.2 Å². The number of thioether (sulfide) groups is 1. The summed E-state index contributed by atoms with van der Waals surface area (Å²) in [6.07, 6.45) is 0. The van der Waals surface area contributed by atoms with Crippen LogP contribution in [0.2, 0.25) is 5.02 Å². The van der Waals surface area contributed by atoms with Gasteiger partial charge in [0.1, 0.15) is 6.04 Å². The van der Waals surface area contributed by atoms with Gasteiger partial charge in [-0.3, -0.25) is 9.59 Å². The smallest absolute Gasteiger partial charge is 0.326 e. The molecule has 1 rings (SSSR count). The van der Waals surface area contributed by atoms with Gasteiger partial charge in [-0.15, -0.1) is 11.8 Å². The summed E-state index contributed by atoms with van der Waals surface area (Å²) in [6, 6.07) is 6.15. The minimum absolute atomic E-state index is 0.0709. The van der Waals surface area contributed by atoms with Crippen LogP contribution in [0.4, 0.5) is 0 Å². The zero-order valence-corrected chi connectivity index (χ0v) is 14.5. The third-order valence-corrected chi connectivity index (χ3v) is 4.56. The molecule has 1 unspecified atom stereocenters. The first-order valence-corrected chi connectivity index (χ1v) is 8.33. The predicted octanol–water partition coefficient (Wildman–Crippen LogP) is 1.87. The quantitative estimate of drug-likeness (QED) is 0.693. The molecule has 8 heteroatoms. The summed E-state index contributed by atoms with van der Waals surface area (Å²) in [6.45, 7) is 3.14. The molecule has 1 atom stereocenters. The Morgan fingerprint density at radius 3 is 2.57 bits per heavy atom. The topological polar surface area (TPSA) is 86.7 Å². The minimum Gasteiger partial charge on any atom is -0.480 e. The lowest BCUT2D eigenvalue weighted by Gasteiger charge is -2.26. The molecule has 1 aromatic carbocycles. The van der Waals surface area contributed by atoms with E-state index in [0.29, 0.717) is 5.02 Å². The van der Waals surface area contributed by atoms with E-state index in [1.54, 1.807) is 18.2 Å². The first-order chi connectivity index (χ1) is 10.8. The second-order valence-electron chi connectivity index (χ2n) is 4.80. The van der Waals surface area contributed by atoms with Gasteiger partial charge >= 0.3 is 5.97 Å². The molecule has 0 aliphatic rings. The van der Waals surface area contributed by atoms with Crippen molar-refractivity contribution in [3.8, 4) is 0 Å². The van der Waals surface area contributed by atoms with Crippen molar-refractivity contribution in [3.05, 3.63) is 29.3 Å². The van der Waals surface area contributed by atoms with Gasteiger partial charge in [0.05, 0.1) is 10.8 Å². The molecule has 23 heavy (non-hydrogen) atoms. The zero-order chi connectivity index (χ0) is 17.4. The minimum atomic E-state index is -1.09. The fourth-order valence-corrected chi connectivity index (χ4v) is 2.93. The summed E-state index contributed by atoms with van der Waals surface area (Å²) in [7, 11) is 0. The maximum absolute atomic E-state index is 12.3. The molecule has 0 aliphatic carbocycles. The number of carbonyl (C=O) groups excluding carboxylic acids is 2. The number of nitrogens with one attached hydrogen (secondary N) is 1. The summed E-state index contributed by atoms with van der Waals surface area (Å²) < 4.78 is 0. The van der Waals surface area contributed by atoms with Gasteiger partial charge in [-0.05, 0) is 19.1 Å². The van der Waals surface area contributed by atoms with Crippen molar-refractivity contribution >= 4 is 41.1 Å². The maximum Gasteiger partial charge on any atom is 0.326 e. The van der Waals surface area contributed by atoms with Crippen molar-refractivity contribution in [2.75, 3.05) is 18.8 Å². The number of nitrogens with zero attached hydrogens (tertiary/aromatic N) is 1. The highest BCUT2D eigenvalue weighted by molar-refractivity contribution is 8.00. The molecule has 0 aromatic heterocycles. The number of amides is 2. The van der Waals surface area contributed by atoms with Crippen LogP contribution in [0.5, 0.6) is 0 Å². The van der Waals surface area contributed by atoms with Gasteiger partial charge in [0.25, 0.3) is 0 Å². The number of hydrogen-bond donors (Lipinski definition) is 2. The zero-order valence-electron chi connectivity index (χ0n) is 12.9. The SMILES string of the molecule is CC(=O)NCCN(C(=O)CSc1ccccc1Cl)C(C)C(=O)O. The van der Waals surface area contributed by atoms with Gasteiger partial charge in [0.15, 0.2) is 0 Å². The van der Waals surface area contributed by atoms with E-state index in [1.165, 1.54) is 30.5 Å². The fraction of sp³-hybridized carbons (Fsp3) is 0.400. The standard InChI is InChI=1S/C15H19ClN2O4S/c1-10(15(21)22)18(8-7-17-11(2)19)14(20)9-23-13-6-4-3-5-12(13)16/h3-6,10H,7-9H2,1-2H3,(H,17,19)(H,21,22). The fourth-order valence-electron chi connectivity index (χ4n) is 1.80. The Kier molecular flexibility index (Phi) is 7.91. The van der Waals surface area contributed by atoms with Gasteiger partial charge in [-0.2, -0.15) is 0 Å². The average Bonchev–Trinajstić information content (AvgIpc) is 2.49.